The number of fused-ring (bicyclic) bond motifs is 6. The monoisotopic (exact) mass is 441 g/mol. The number of nitrogens with one attached hydrogen (secondary N) is 1. The molecule has 1 aliphatic heterocycles. The van der Waals surface area contributed by atoms with Crippen LogP contribution in [-0.2, 0) is 11.3 Å². The first-order chi connectivity index (χ1) is 16.1. The van der Waals surface area contributed by atoms with Gasteiger partial charge in [0.1, 0.15) is 0 Å². The molecular weight excluding hydrogens is 410 g/mol. The van der Waals surface area contributed by atoms with Gasteiger partial charge in [0.25, 0.3) is 0 Å². The van der Waals surface area contributed by atoms with Gasteiger partial charge in [-0.1, -0.05) is 54.6 Å². The van der Waals surface area contributed by atoms with Gasteiger partial charge in [-0.3, -0.25) is 4.79 Å². The molecule has 2 aromatic carbocycles. The van der Waals surface area contributed by atoms with E-state index in [2.05, 4.69) is 39.1 Å². The fourth-order valence-electron chi connectivity index (χ4n) is 6.66. The van der Waals surface area contributed by atoms with Gasteiger partial charge in [0.15, 0.2) is 0 Å². The number of imidazole rings is 1. The highest BCUT2D eigenvalue weighted by Gasteiger charge is 2.55. The number of carbonyl (C=O) groups excluding carboxylic acids is 1. The normalized spacial score (nSPS) is 28.2. The van der Waals surface area contributed by atoms with E-state index < -0.39 is 0 Å². The van der Waals surface area contributed by atoms with E-state index in [-0.39, 0.29) is 28.9 Å². The van der Waals surface area contributed by atoms with Gasteiger partial charge in [0.05, 0.1) is 30.4 Å². The smallest absolute Gasteiger partial charge is 0.226 e. The van der Waals surface area contributed by atoms with Gasteiger partial charge in [0, 0.05) is 17.5 Å². The van der Waals surface area contributed by atoms with Gasteiger partial charge in [-0.15, -0.1) is 0 Å². The molecule has 0 spiro atoms. The van der Waals surface area contributed by atoms with Crippen molar-refractivity contribution in [3.8, 4) is 11.3 Å². The Hall–Kier alpha value is -2.92. The molecule has 4 aliphatic rings. The first-order valence-electron chi connectivity index (χ1n) is 12.2. The summed E-state index contributed by atoms with van der Waals surface area (Å²) in [7, 11) is 0. The molecule has 0 radical (unpaired) electrons. The van der Waals surface area contributed by atoms with Gasteiger partial charge >= 0.3 is 0 Å². The number of nitrogens with zero attached hydrogens (tertiary/aromatic N) is 2. The minimum absolute atomic E-state index is 0.0697. The zero-order valence-corrected chi connectivity index (χ0v) is 18.9. The van der Waals surface area contributed by atoms with Gasteiger partial charge in [-0.05, 0) is 61.5 Å². The lowest BCUT2D eigenvalue weighted by Gasteiger charge is -2.54. The van der Waals surface area contributed by atoms with E-state index in [1.54, 1.807) is 0 Å². The molecule has 2 heterocycles. The van der Waals surface area contributed by atoms with Crippen LogP contribution in [-0.4, -0.2) is 26.7 Å². The van der Waals surface area contributed by atoms with Crippen LogP contribution in [0.25, 0.3) is 11.3 Å². The van der Waals surface area contributed by atoms with Crippen molar-refractivity contribution in [2.24, 2.45) is 10.8 Å². The molecule has 1 amide bonds. The molecule has 1 aromatic heterocycles. The van der Waals surface area contributed by atoms with Crippen molar-refractivity contribution in [1.82, 2.24) is 14.9 Å². The summed E-state index contributed by atoms with van der Waals surface area (Å²) < 4.78 is 2.22. The van der Waals surface area contributed by atoms with Crippen LogP contribution in [0.1, 0.15) is 62.1 Å². The number of rotatable bonds is 6. The molecular formula is C28H31N3O2. The van der Waals surface area contributed by atoms with Crippen LogP contribution < -0.4 is 5.32 Å². The maximum atomic E-state index is 13.2. The Kier molecular flexibility index (Phi) is 4.91. The van der Waals surface area contributed by atoms with E-state index >= 15 is 0 Å². The van der Waals surface area contributed by atoms with Crippen LogP contribution in [0.2, 0.25) is 0 Å². The largest absolute Gasteiger partial charge is 0.392 e. The summed E-state index contributed by atoms with van der Waals surface area (Å²) >= 11 is 0. The minimum Gasteiger partial charge on any atom is -0.392 e. The van der Waals surface area contributed by atoms with Crippen LogP contribution in [0.4, 0.5) is 0 Å². The number of amides is 1. The van der Waals surface area contributed by atoms with Crippen LogP contribution in [0.15, 0.2) is 67.1 Å². The number of benzene rings is 2. The zero-order chi connectivity index (χ0) is 22.5. The van der Waals surface area contributed by atoms with Gasteiger partial charge in [-0.25, -0.2) is 4.98 Å². The number of carbonyl (C=O) groups is 1. The third kappa shape index (κ3) is 3.33. The van der Waals surface area contributed by atoms with Crippen LogP contribution in [0.3, 0.4) is 0 Å². The summed E-state index contributed by atoms with van der Waals surface area (Å²) in [6, 6.07) is 18.7. The Labute approximate surface area is 194 Å². The lowest BCUT2D eigenvalue weighted by atomic mass is 9.51. The Bertz CT molecular complexity index is 1140. The van der Waals surface area contributed by atoms with Gasteiger partial charge < -0.3 is 15.0 Å². The van der Waals surface area contributed by atoms with Crippen LogP contribution >= 0.6 is 0 Å². The second-order valence-corrected chi connectivity index (χ2v) is 10.4. The van der Waals surface area contributed by atoms with Crippen LogP contribution in [0.5, 0.6) is 0 Å². The zero-order valence-electron chi connectivity index (χ0n) is 18.9. The molecule has 2 N–H and O–H groups in total. The van der Waals surface area contributed by atoms with Crippen molar-refractivity contribution >= 4 is 5.91 Å². The number of hydrogen-bond donors (Lipinski definition) is 2. The molecule has 3 saturated carbocycles. The standard InChI is InChI=1S/C28H31N3O2/c32-25(16-23-21-8-4-5-9-22(21)24-18-29-19-31(23)24)27-10-13-28(14-11-27,15-12-27)26(33)30-17-20-6-2-1-3-7-20/h1-9,18-19,23,25,32H,10-17H2,(H,30,33). The first-order valence-corrected chi connectivity index (χ1v) is 12.2. The van der Waals surface area contributed by atoms with Crippen LogP contribution in [0, 0.1) is 10.8 Å². The van der Waals surface area contributed by atoms with Crippen molar-refractivity contribution in [2.75, 3.05) is 0 Å². The average molecular weight is 442 g/mol. The Morgan fingerprint density at radius 3 is 2.48 bits per heavy atom. The fraction of sp³-hybridized carbons (Fsp3) is 0.429. The maximum Gasteiger partial charge on any atom is 0.226 e. The van der Waals surface area contributed by atoms with Crippen molar-refractivity contribution in [3.63, 3.8) is 0 Å². The number of aromatic nitrogens is 2. The maximum absolute atomic E-state index is 13.2. The Morgan fingerprint density at radius 1 is 1.03 bits per heavy atom. The molecule has 0 saturated heterocycles. The number of aliphatic hydroxyl groups is 1. The van der Waals surface area contributed by atoms with E-state index in [0.29, 0.717) is 13.0 Å². The fourth-order valence-corrected chi connectivity index (χ4v) is 6.66. The van der Waals surface area contributed by atoms with E-state index in [1.807, 2.05) is 42.9 Å². The summed E-state index contributed by atoms with van der Waals surface area (Å²) in [5.74, 6) is 0.196. The highest BCUT2D eigenvalue weighted by atomic mass is 16.3. The minimum atomic E-state index is -0.380. The molecule has 2 atom stereocenters. The van der Waals surface area contributed by atoms with E-state index in [4.69, 9.17) is 0 Å². The Morgan fingerprint density at radius 2 is 1.73 bits per heavy atom. The Balaban J connectivity index is 1.14. The van der Waals surface area contributed by atoms with Gasteiger partial charge in [-0.2, -0.15) is 0 Å². The molecule has 33 heavy (non-hydrogen) atoms. The topological polar surface area (TPSA) is 67.2 Å². The predicted octanol–water partition coefficient (Wildman–Crippen LogP) is 4.86. The van der Waals surface area contributed by atoms with Crippen molar-refractivity contribution < 1.29 is 9.90 Å². The molecule has 7 rings (SSSR count). The number of aliphatic hydroxyl groups excluding tert-OH is 1. The lowest BCUT2D eigenvalue weighted by Crippen LogP contribution is -2.53. The van der Waals surface area contributed by atoms with Crippen molar-refractivity contribution in [3.05, 3.63) is 78.2 Å². The summed E-state index contributed by atoms with van der Waals surface area (Å²) in [4.78, 5) is 17.5. The average Bonchev–Trinajstić information content (AvgIpc) is 3.47. The van der Waals surface area contributed by atoms with Crippen molar-refractivity contribution in [2.45, 2.75) is 63.6 Å². The quantitative estimate of drug-likeness (QED) is 0.574. The van der Waals surface area contributed by atoms with E-state index in [1.165, 1.54) is 11.1 Å². The molecule has 3 aromatic rings. The molecule has 5 heteroatoms. The summed E-state index contributed by atoms with van der Waals surface area (Å²) in [6.07, 6.45) is 9.56. The highest BCUT2D eigenvalue weighted by molar-refractivity contribution is 5.83. The van der Waals surface area contributed by atoms with Crippen molar-refractivity contribution in [1.29, 1.82) is 0 Å². The number of hydrogen-bond acceptors (Lipinski definition) is 3. The second kappa shape index (κ2) is 7.84. The highest BCUT2D eigenvalue weighted by Crippen LogP contribution is 2.59. The first kappa shape index (κ1) is 20.7. The predicted molar refractivity (Wildman–Crippen MR) is 127 cm³/mol. The lowest BCUT2D eigenvalue weighted by molar-refractivity contribution is -0.148. The van der Waals surface area contributed by atoms with E-state index in [9.17, 15) is 9.90 Å². The molecule has 2 bridgehead atoms. The summed E-state index contributed by atoms with van der Waals surface area (Å²) in [6.45, 7) is 0.587. The van der Waals surface area contributed by atoms with E-state index in [0.717, 1.165) is 49.8 Å². The second-order valence-electron chi connectivity index (χ2n) is 10.4. The SMILES string of the molecule is O=C(NCc1ccccc1)C12CCC(C(O)CC3c4ccccc4-c4cncn43)(CC1)CC2. The molecule has 3 fully saturated rings. The molecule has 2 unspecified atom stereocenters. The summed E-state index contributed by atoms with van der Waals surface area (Å²) in [5.41, 5.74) is 4.46. The molecule has 5 nitrogen and oxygen atoms in total. The third-order valence-electron chi connectivity index (χ3n) is 8.83. The van der Waals surface area contributed by atoms with Gasteiger partial charge in [0.2, 0.25) is 5.91 Å². The third-order valence-corrected chi connectivity index (χ3v) is 8.83. The molecule has 3 aliphatic carbocycles. The summed E-state index contributed by atoms with van der Waals surface area (Å²) in [5, 5.41) is 14.7. The molecule has 170 valence electrons.